The number of hydrogen-bond donors (Lipinski definition) is 2. The number of carbonyl (C=O) groups is 1. The third-order valence-electron chi connectivity index (χ3n) is 2.49. The molecule has 1 amide bonds. The van der Waals surface area contributed by atoms with Crippen LogP contribution < -0.4 is 5.32 Å². The Hall–Kier alpha value is -1.31. The van der Waals surface area contributed by atoms with E-state index in [9.17, 15) is 4.79 Å². The summed E-state index contributed by atoms with van der Waals surface area (Å²) in [7, 11) is 0. The molecule has 0 fully saturated rings. The molecule has 0 radical (unpaired) electrons. The molecule has 0 aliphatic carbocycles. The first-order chi connectivity index (χ1) is 8.22. The zero-order chi connectivity index (χ0) is 12.7. The smallest absolute Gasteiger partial charge is 0.262 e. The summed E-state index contributed by atoms with van der Waals surface area (Å²) in [6.07, 6.45) is 1.84. The molecule has 1 aromatic rings. The van der Waals surface area contributed by atoms with Gasteiger partial charge in [0.15, 0.2) is 0 Å². The minimum Gasteiger partial charge on any atom is -0.384 e. The van der Waals surface area contributed by atoms with Crippen molar-refractivity contribution in [2.45, 2.75) is 32.7 Å². The Morgan fingerprint density at radius 2 is 2.24 bits per heavy atom. The van der Waals surface area contributed by atoms with E-state index in [1.807, 2.05) is 5.38 Å². The van der Waals surface area contributed by atoms with E-state index in [4.69, 9.17) is 5.11 Å². The van der Waals surface area contributed by atoms with Crippen LogP contribution in [0.5, 0.6) is 0 Å². The number of nitrogens with one attached hydrogen (secondary N) is 1. The van der Waals surface area contributed by atoms with Crippen LogP contribution >= 0.6 is 11.3 Å². The number of amides is 1. The lowest BCUT2D eigenvalue weighted by Crippen LogP contribution is -2.33. The predicted octanol–water partition coefficient (Wildman–Crippen LogP) is 2.01. The van der Waals surface area contributed by atoms with Gasteiger partial charge >= 0.3 is 0 Å². The number of thiophene rings is 1. The summed E-state index contributed by atoms with van der Waals surface area (Å²) in [6.45, 7) is 3.91. The molecule has 0 atom stereocenters. The number of rotatable bonds is 4. The van der Waals surface area contributed by atoms with E-state index in [0.29, 0.717) is 10.4 Å². The molecule has 1 rings (SSSR count). The highest BCUT2D eigenvalue weighted by Gasteiger charge is 2.14. The van der Waals surface area contributed by atoms with Gasteiger partial charge in [0.05, 0.1) is 0 Å². The number of carbonyl (C=O) groups excluding carboxylic acids is 1. The molecule has 0 saturated carbocycles. The summed E-state index contributed by atoms with van der Waals surface area (Å²) < 4.78 is 0. The predicted molar refractivity (Wildman–Crippen MR) is 70.1 cm³/mol. The SMILES string of the molecule is CCC(CC)NC(=O)c1sccc1C#CCO. The van der Waals surface area contributed by atoms with Gasteiger partial charge in [0.25, 0.3) is 5.91 Å². The maximum atomic E-state index is 12.0. The van der Waals surface area contributed by atoms with E-state index in [1.165, 1.54) is 11.3 Å². The molecule has 0 spiro atoms. The van der Waals surface area contributed by atoms with Crippen molar-refractivity contribution in [2.75, 3.05) is 6.61 Å². The fraction of sp³-hybridized carbons (Fsp3) is 0.462. The second-order valence-electron chi connectivity index (χ2n) is 3.61. The van der Waals surface area contributed by atoms with Gasteiger partial charge in [-0.05, 0) is 24.3 Å². The second-order valence-corrected chi connectivity index (χ2v) is 4.53. The molecular weight excluding hydrogens is 234 g/mol. The number of aliphatic hydroxyl groups excluding tert-OH is 1. The standard InChI is InChI=1S/C13H17NO2S/c1-3-11(4-2)14-13(16)12-10(6-5-8-15)7-9-17-12/h7,9,11,15H,3-4,8H2,1-2H3,(H,14,16). The van der Waals surface area contributed by atoms with Crippen LogP contribution in [0.3, 0.4) is 0 Å². The molecule has 4 heteroatoms. The summed E-state index contributed by atoms with van der Waals surface area (Å²) in [6, 6.07) is 2.01. The van der Waals surface area contributed by atoms with Crippen LogP contribution in [0.1, 0.15) is 41.9 Å². The second kappa shape index (κ2) is 7.10. The lowest BCUT2D eigenvalue weighted by Gasteiger charge is -2.13. The highest BCUT2D eigenvalue weighted by atomic mass is 32.1. The third-order valence-corrected chi connectivity index (χ3v) is 3.41. The lowest BCUT2D eigenvalue weighted by molar-refractivity contribution is 0.0939. The van der Waals surface area contributed by atoms with Gasteiger partial charge in [-0.25, -0.2) is 0 Å². The van der Waals surface area contributed by atoms with Crippen molar-refractivity contribution in [2.24, 2.45) is 0 Å². The molecule has 2 N–H and O–H groups in total. The van der Waals surface area contributed by atoms with Gasteiger partial charge in [0.2, 0.25) is 0 Å². The lowest BCUT2D eigenvalue weighted by atomic mass is 10.1. The van der Waals surface area contributed by atoms with Crippen LogP contribution in [0, 0.1) is 11.8 Å². The number of aliphatic hydroxyl groups is 1. The first-order valence-electron chi connectivity index (χ1n) is 5.71. The average Bonchev–Trinajstić information content (AvgIpc) is 2.81. The summed E-state index contributed by atoms with van der Waals surface area (Å²) in [5, 5.41) is 13.5. The van der Waals surface area contributed by atoms with Gasteiger partial charge in [-0.1, -0.05) is 25.7 Å². The molecule has 0 saturated heterocycles. The van der Waals surface area contributed by atoms with Gasteiger partial charge in [-0.3, -0.25) is 4.79 Å². The Kier molecular flexibility index (Phi) is 5.75. The first kappa shape index (κ1) is 13.8. The van der Waals surface area contributed by atoms with Crippen LogP contribution in [0.15, 0.2) is 11.4 Å². The summed E-state index contributed by atoms with van der Waals surface area (Å²) >= 11 is 1.37. The van der Waals surface area contributed by atoms with E-state index in [1.54, 1.807) is 6.07 Å². The fourth-order valence-corrected chi connectivity index (χ4v) is 2.21. The van der Waals surface area contributed by atoms with Crippen molar-refractivity contribution < 1.29 is 9.90 Å². The van der Waals surface area contributed by atoms with Gasteiger partial charge in [-0.15, -0.1) is 11.3 Å². The van der Waals surface area contributed by atoms with Crippen LogP contribution in [-0.2, 0) is 0 Å². The molecule has 1 heterocycles. The van der Waals surface area contributed by atoms with Gasteiger partial charge < -0.3 is 10.4 Å². The topological polar surface area (TPSA) is 49.3 Å². The van der Waals surface area contributed by atoms with Gasteiger partial charge in [0.1, 0.15) is 11.5 Å². The zero-order valence-electron chi connectivity index (χ0n) is 10.1. The van der Waals surface area contributed by atoms with Crippen LogP contribution in [0.25, 0.3) is 0 Å². The van der Waals surface area contributed by atoms with Crippen LogP contribution in [-0.4, -0.2) is 23.7 Å². The maximum absolute atomic E-state index is 12.0. The highest BCUT2D eigenvalue weighted by molar-refractivity contribution is 7.12. The van der Waals surface area contributed by atoms with E-state index in [-0.39, 0.29) is 18.6 Å². The van der Waals surface area contributed by atoms with Gasteiger partial charge in [-0.2, -0.15) is 0 Å². The van der Waals surface area contributed by atoms with E-state index >= 15 is 0 Å². The minimum atomic E-state index is -0.191. The zero-order valence-corrected chi connectivity index (χ0v) is 10.9. The average molecular weight is 251 g/mol. The van der Waals surface area contributed by atoms with Crippen molar-refractivity contribution in [1.82, 2.24) is 5.32 Å². The maximum Gasteiger partial charge on any atom is 0.262 e. The minimum absolute atomic E-state index is 0.0732. The highest BCUT2D eigenvalue weighted by Crippen LogP contribution is 2.16. The molecule has 0 unspecified atom stereocenters. The summed E-state index contributed by atoms with van der Waals surface area (Å²) in [5.41, 5.74) is 0.688. The Bertz CT molecular complexity index is 424. The van der Waals surface area contributed by atoms with Crippen molar-refractivity contribution in [3.05, 3.63) is 21.9 Å². The van der Waals surface area contributed by atoms with Crippen molar-refractivity contribution in [3.63, 3.8) is 0 Å². The molecule has 92 valence electrons. The molecule has 0 aliphatic rings. The van der Waals surface area contributed by atoms with Crippen LogP contribution in [0.2, 0.25) is 0 Å². The monoisotopic (exact) mass is 251 g/mol. The quantitative estimate of drug-likeness (QED) is 0.804. The summed E-state index contributed by atoms with van der Waals surface area (Å²) in [5.74, 6) is 5.27. The molecule has 0 aromatic carbocycles. The summed E-state index contributed by atoms with van der Waals surface area (Å²) in [4.78, 5) is 12.6. The molecule has 3 nitrogen and oxygen atoms in total. The van der Waals surface area contributed by atoms with Gasteiger partial charge in [0, 0.05) is 11.6 Å². The third kappa shape index (κ3) is 3.88. The normalized spacial score (nSPS) is 9.88. The van der Waals surface area contributed by atoms with Crippen molar-refractivity contribution in [3.8, 4) is 11.8 Å². The molecule has 17 heavy (non-hydrogen) atoms. The van der Waals surface area contributed by atoms with Crippen molar-refractivity contribution in [1.29, 1.82) is 0 Å². The molecule has 0 bridgehead atoms. The Balaban J connectivity index is 2.78. The van der Waals surface area contributed by atoms with Crippen LogP contribution in [0.4, 0.5) is 0 Å². The van der Waals surface area contributed by atoms with E-state index in [2.05, 4.69) is 31.0 Å². The fourth-order valence-electron chi connectivity index (χ4n) is 1.46. The Morgan fingerprint density at radius 1 is 1.53 bits per heavy atom. The first-order valence-corrected chi connectivity index (χ1v) is 6.58. The number of hydrogen-bond acceptors (Lipinski definition) is 3. The Labute approximate surface area is 106 Å². The molecular formula is C13H17NO2S. The Morgan fingerprint density at radius 3 is 2.82 bits per heavy atom. The molecule has 0 aliphatic heterocycles. The largest absolute Gasteiger partial charge is 0.384 e. The van der Waals surface area contributed by atoms with E-state index in [0.717, 1.165) is 12.8 Å². The molecule has 1 aromatic heterocycles. The van der Waals surface area contributed by atoms with E-state index < -0.39 is 0 Å². The van der Waals surface area contributed by atoms with Crippen molar-refractivity contribution >= 4 is 17.2 Å².